The molecular weight excluding hydrogens is 350 g/mol. The lowest BCUT2D eigenvalue weighted by Gasteiger charge is -2.07. The van der Waals surface area contributed by atoms with E-state index in [1.54, 1.807) is 26.4 Å². The summed E-state index contributed by atoms with van der Waals surface area (Å²) in [5.41, 5.74) is 1.78. The van der Waals surface area contributed by atoms with Crippen molar-refractivity contribution >= 4 is 28.5 Å². The number of aromatic nitrogens is 2. The summed E-state index contributed by atoms with van der Waals surface area (Å²) >= 11 is 1.28. The van der Waals surface area contributed by atoms with E-state index < -0.39 is 0 Å². The molecule has 2 aromatic carbocycles. The third kappa shape index (κ3) is 4.25. The Morgan fingerprint density at radius 2 is 1.81 bits per heavy atom. The lowest BCUT2D eigenvalue weighted by atomic mass is 10.2. The van der Waals surface area contributed by atoms with Gasteiger partial charge in [0.25, 0.3) is 0 Å². The molecule has 26 heavy (non-hydrogen) atoms. The highest BCUT2D eigenvalue weighted by molar-refractivity contribution is 7.18. The number of carbonyl (C=O) groups excluding carboxylic acids is 1. The second kappa shape index (κ2) is 8.26. The lowest BCUT2D eigenvalue weighted by molar-refractivity contribution is -0.111. The van der Waals surface area contributed by atoms with Crippen molar-refractivity contribution in [2.24, 2.45) is 0 Å². The van der Waals surface area contributed by atoms with Crippen LogP contribution in [0.1, 0.15) is 5.56 Å². The van der Waals surface area contributed by atoms with Gasteiger partial charge in [-0.1, -0.05) is 41.7 Å². The Morgan fingerprint density at radius 1 is 1.04 bits per heavy atom. The SMILES string of the molecule is COc1ccc(-c2nnc(NC(=O)/C=C/c3ccccc3)s2)cc1OC. The van der Waals surface area contributed by atoms with Crippen molar-refractivity contribution in [2.75, 3.05) is 19.5 Å². The zero-order valence-electron chi connectivity index (χ0n) is 14.3. The quantitative estimate of drug-likeness (QED) is 0.670. The number of nitrogens with zero attached hydrogens (tertiary/aromatic N) is 2. The molecule has 0 aliphatic heterocycles. The van der Waals surface area contributed by atoms with E-state index in [2.05, 4.69) is 15.5 Å². The van der Waals surface area contributed by atoms with Crippen LogP contribution in [0, 0.1) is 0 Å². The van der Waals surface area contributed by atoms with Crippen LogP contribution in [0.25, 0.3) is 16.6 Å². The van der Waals surface area contributed by atoms with Gasteiger partial charge in [-0.3, -0.25) is 10.1 Å². The highest BCUT2D eigenvalue weighted by Gasteiger charge is 2.11. The molecule has 3 aromatic rings. The maximum absolute atomic E-state index is 12.0. The van der Waals surface area contributed by atoms with E-state index in [9.17, 15) is 4.79 Å². The van der Waals surface area contributed by atoms with E-state index >= 15 is 0 Å². The van der Waals surface area contributed by atoms with Crippen LogP contribution in [0.15, 0.2) is 54.6 Å². The number of hydrogen-bond donors (Lipinski definition) is 1. The molecule has 0 saturated heterocycles. The number of carbonyl (C=O) groups is 1. The smallest absolute Gasteiger partial charge is 0.250 e. The zero-order valence-corrected chi connectivity index (χ0v) is 15.1. The van der Waals surface area contributed by atoms with Crippen LogP contribution in [-0.4, -0.2) is 30.3 Å². The Bertz CT molecular complexity index is 923. The van der Waals surface area contributed by atoms with Gasteiger partial charge in [0.15, 0.2) is 11.5 Å². The molecule has 0 aliphatic carbocycles. The fourth-order valence-corrected chi connectivity index (χ4v) is 2.99. The second-order valence-electron chi connectivity index (χ2n) is 5.22. The maximum atomic E-state index is 12.0. The van der Waals surface area contributed by atoms with Crippen LogP contribution >= 0.6 is 11.3 Å². The summed E-state index contributed by atoms with van der Waals surface area (Å²) < 4.78 is 10.5. The molecule has 0 radical (unpaired) electrons. The third-order valence-electron chi connectivity index (χ3n) is 3.51. The predicted molar refractivity (Wildman–Crippen MR) is 103 cm³/mol. The standard InChI is InChI=1S/C19H17N3O3S/c1-24-15-10-9-14(12-16(15)25-2)18-21-22-19(26-18)20-17(23)11-8-13-6-4-3-5-7-13/h3-12H,1-2H3,(H,20,22,23)/b11-8+. The predicted octanol–water partition coefficient (Wildman–Crippen LogP) is 3.87. The molecule has 0 fully saturated rings. The molecule has 6 nitrogen and oxygen atoms in total. The minimum atomic E-state index is -0.260. The minimum Gasteiger partial charge on any atom is -0.493 e. The highest BCUT2D eigenvalue weighted by atomic mass is 32.1. The van der Waals surface area contributed by atoms with Crippen LogP contribution in [0.4, 0.5) is 5.13 Å². The average Bonchev–Trinajstić information content (AvgIpc) is 3.15. The van der Waals surface area contributed by atoms with Gasteiger partial charge < -0.3 is 9.47 Å². The Kier molecular flexibility index (Phi) is 5.60. The molecule has 3 rings (SSSR count). The maximum Gasteiger partial charge on any atom is 0.250 e. The van der Waals surface area contributed by atoms with Crippen molar-refractivity contribution in [3.63, 3.8) is 0 Å². The van der Waals surface area contributed by atoms with Crippen molar-refractivity contribution in [1.82, 2.24) is 10.2 Å². The molecule has 0 spiro atoms. The number of benzene rings is 2. The van der Waals surface area contributed by atoms with Crippen molar-refractivity contribution in [3.8, 4) is 22.1 Å². The van der Waals surface area contributed by atoms with Crippen LogP contribution in [0.2, 0.25) is 0 Å². The van der Waals surface area contributed by atoms with Gasteiger partial charge in [-0.15, -0.1) is 10.2 Å². The summed E-state index contributed by atoms with van der Waals surface area (Å²) in [5.74, 6) is 0.987. The number of nitrogens with one attached hydrogen (secondary N) is 1. The van der Waals surface area contributed by atoms with Gasteiger partial charge in [0.2, 0.25) is 11.0 Å². The summed E-state index contributed by atoms with van der Waals surface area (Å²) in [6.45, 7) is 0. The van der Waals surface area contributed by atoms with E-state index in [0.29, 0.717) is 21.6 Å². The van der Waals surface area contributed by atoms with E-state index in [0.717, 1.165) is 11.1 Å². The first-order chi connectivity index (χ1) is 12.7. The number of methoxy groups -OCH3 is 2. The Morgan fingerprint density at radius 3 is 2.54 bits per heavy atom. The summed E-state index contributed by atoms with van der Waals surface area (Å²) in [5, 5.41) is 12.0. The second-order valence-corrected chi connectivity index (χ2v) is 6.19. The van der Waals surface area contributed by atoms with Gasteiger partial charge >= 0.3 is 0 Å². The van der Waals surface area contributed by atoms with Crippen LogP contribution in [0.5, 0.6) is 11.5 Å². The Balaban J connectivity index is 1.70. The summed E-state index contributed by atoms with van der Waals surface area (Å²) in [4.78, 5) is 12.0. The fraction of sp³-hybridized carbons (Fsp3) is 0.105. The Labute approximate surface area is 155 Å². The van der Waals surface area contributed by atoms with E-state index in [-0.39, 0.29) is 5.91 Å². The molecule has 1 N–H and O–H groups in total. The molecule has 0 bridgehead atoms. The molecule has 1 heterocycles. The van der Waals surface area contributed by atoms with Crippen molar-refractivity contribution < 1.29 is 14.3 Å². The van der Waals surface area contributed by atoms with Gasteiger partial charge in [0.1, 0.15) is 5.01 Å². The molecule has 0 aliphatic rings. The first-order valence-corrected chi connectivity index (χ1v) is 8.61. The third-order valence-corrected chi connectivity index (χ3v) is 4.40. The lowest BCUT2D eigenvalue weighted by Crippen LogP contribution is -2.07. The molecule has 7 heteroatoms. The highest BCUT2D eigenvalue weighted by Crippen LogP contribution is 2.34. The normalized spacial score (nSPS) is 10.7. The van der Waals surface area contributed by atoms with Crippen LogP contribution < -0.4 is 14.8 Å². The van der Waals surface area contributed by atoms with E-state index in [4.69, 9.17) is 9.47 Å². The monoisotopic (exact) mass is 367 g/mol. The molecule has 0 saturated carbocycles. The van der Waals surface area contributed by atoms with Crippen molar-refractivity contribution in [2.45, 2.75) is 0 Å². The van der Waals surface area contributed by atoms with Gasteiger partial charge in [0.05, 0.1) is 14.2 Å². The van der Waals surface area contributed by atoms with Gasteiger partial charge in [-0.05, 0) is 29.8 Å². The molecular formula is C19H17N3O3S. The number of anilines is 1. The summed E-state index contributed by atoms with van der Waals surface area (Å²) in [6, 6.07) is 15.1. The number of amides is 1. The number of ether oxygens (including phenoxy) is 2. The van der Waals surface area contributed by atoms with Gasteiger partial charge in [0, 0.05) is 11.6 Å². The number of hydrogen-bond acceptors (Lipinski definition) is 6. The van der Waals surface area contributed by atoms with E-state index in [1.165, 1.54) is 17.4 Å². The summed E-state index contributed by atoms with van der Waals surface area (Å²) in [6.07, 6.45) is 3.21. The average molecular weight is 367 g/mol. The van der Waals surface area contributed by atoms with Crippen molar-refractivity contribution in [1.29, 1.82) is 0 Å². The first kappa shape index (κ1) is 17.6. The van der Waals surface area contributed by atoms with Gasteiger partial charge in [-0.2, -0.15) is 0 Å². The molecule has 0 unspecified atom stereocenters. The summed E-state index contributed by atoms with van der Waals surface area (Å²) in [7, 11) is 3.16. The molecule has 0 atom stereocenters. The topological polar surface area (TPSA) is 73.3 Å². The molecule has 1 amide bonds. The van der Waals surface area contributed by atoms with Crippen LogP contribution in [0.3, 0.4) is 0 Å². The minimum absolute atomic E-state index is 0.260. The molecule has 132 valence electrons. The van der Waals surface area contributed by atoms with Crippen molar-refractivity contribution in [3.05, 3.63) is 60.2 Å². The molecule has 1 aromatic heterocycles. The van der Waals surface area contributed by atoms with Gasteiger partial charge in [-0.25, -0.2) is 0 Å². The first-order valence-electron chi connectivity index (χ1n) is 7.79. The Hall–Kier alpha value is -3.19. The number of rotatable bonds is 6. The zero-order chi connectivity index (χ0) is 18.4. The fourth-order valence-electron chi connectivity index (χ4n) is 2.24. The largest absolute Gasteiger partial charge is 0.493 e. The van der Waals surface area contributed by atoms with E-state index in [1.807, 2.05) is 42.5 Å². The van der Waals surface area contributed by atoms with Crippen LogP contribution in [-0.2, 0) is 4.79 Å².